The van der Waals surface area contributed by atoms with E-state index in [2.05, 4.69) is 0 Å². The highest BCUT2D eigenvalue weighted by Gasteiger charge is 2.25. The predicted octanol–water partition coefficient (Wildman–Crippen LogP) is 0.490. The Kier molecular flexibility index (Phi) is 1.38. The maximum Gasteiger partial charge on any atom is 0.200 e. The van der Waals surface area contributed by atoms with Crippen molar-refractivity contribution in [3.8, 4) is 17.2 Å². The summed E-state index contributed by atoms with van der Waals surface area (Å²) in [7, 11) is 0. The molecule has 1 aromatic rings. The molecular formula is C8H9NO3. The van der Waals surface area contributed by atoms with Crippen molar-refractivity contribution < 1.29 is 14.9 Å². The number of hydrogen-bond donors (Lipinski definition) is 3. The fourth-order valence-electron chi connectivity index (χ4n) is 1.28. The topological polar surface area (TPSA) is 75.7 Å². The highest BCUT2D eigenvalue weighted by Crippen LogP contribution is 2.43. The number of rotatable bonds is 0. The Labute approximate surface area is 69.2 Å². The highest BCUT2D eigenvalue weighted by atomic mass is 16.5. The average molecular weight is 167 g/mol. The maximum absolute atomic E-state index is 9.31. The molecule has 1 aliphatic heterocycles. The van der Waals surface area contributed by atoms with E-state index >= 15 is 0 Å². The Hall–Kier alpha value is -1.42. The van der Waals surface area contributed by atoms with Gasteiger partial charge in [0.25, 0.3) is 0 Å². The fraction of sp³-hybridized carbons (Fsp3) is 0.250. The van der Waals surface area contributed by atoms with Crippen LogP contribution in [0.2, 0.25) is 0 Å². The first-order valence-corrected chi connectivity index (χ1v) is 3.63. The molecule has 1 heterocycles. The Morgan fingerprint density at radius 1 is 1.42 bits per heavy atom. The van der Waals surface area contributed by atoms with Gasteiger partial charge in [-0.1, -0.05) is 0 Å². The van der Waals surface area contributed by atoms with E-state index in [0.29, 0.717) is 12.4 Å². The van der Waals surface area contributed by atoms with Crippen LogP contribution in [0, 0.1) is 0 Å². The van der Waals surface area contributed by atoms with E-state index < -0.39 is 0 Å². The summed E-state index contributed by atoms with van der Waals surface area (Å²) in [5.74, 6) is -0.0919. The zero-order valence-electron chi connectivity index (χ0n) is 6.32. The van der Waals surface area contributed by atoms with E-state index in [1.54, 1.807) is 6.07 Å². The number of ether oxygens (including phenoxy) is 1. The van der Waals surface area contributed by atoms with Gasteiger partial charge in [0.05, 0.1) is 6.04 Å². The van der Waals surface area contributed by atoms with Gasteiger partial charge >= 0.3 is 0 Å². The van der Waals surface area contributed by atoms with E-state index in [9.17, 15) is 5.11 Å². The van der Waals surface area contributed by atoms with Crippen LogP contribution in [0.25, 0.3) is 0 Å². The Morgan fingerprint density at radius 3 is 2.92 bits per heavy atom. The molecule has 0 aliphatic carbocycles. The Balaban J connectivity index is 2.60. The van der Waals surface area contributed by atoms with Crippen molar-refractivity contribution in [2.45, 2.75) is 6.04 Å². The molecular weight excluding hydrogens is 158 g/mol. The zero-order chi connectivity index (χ0) is 8.72. The predicted molar refractivity (Wildman–Crippen MR) is 42.2 cm³/mol. The molecule has 12 heavy (non-hydrogen) atoms. The van der Waals surface area contributed by atoms with Crippen molar-refractivity contribution in [1.82, 2.24) is 0 Å². The smallest absolute Gasteiger partial charge is 0.200 e. The van der Waals surface area contributed by atoms with Gasteiger partial charge in [0, 0.05) is 5.56 Å². The summed E-state index contributed by atoms with van der Waals surface area (Å²) in [5, 5.41) is 18.4. The number of phenols is 2. The van der Waals surface area contributed by atoms with Crippen LogP contribution < -0.4 is 10.5 Å². The molecule has 0 bridgehead atoms. The lowest BCUT2D eigenvalue weighted by atomic mass is 10.1. The lowest BCUT2D eigenvalue weighted by Gasteiger charge is -2.03. The van der Waals surface area contributed by atoms with Crippen molar-refractivity contribution >= 4 is 0 Å². The number of aromatic hydroxyl groups is 2. The lowest BCUT2D eigenvalue weighted by Crippen LogP contribution is -2.10. The van der Waals surface area contributed by atoms with Crippen molar-refractivity contribution in [2.75, 3.05) is 6.61 Å². The van der Waals surface area contributed by atoms with Gasteiger partial charge < -0.3 is 20.7 Å². The quantitative estimate of drug-likeness (QED) is 0.491. The summed E-state index contributed by atoms with van der Waals surface area (Å²) in [6.45, 7) is 0.354. The van der Waals surface area contributed by atoms with E-state index in [1.165, 1.54) is 6.07 Å². The minimum Gasteiger partial charge on any atom is -0.504 e. The number of phenolic OH excluding ortho intramolecular Hbond substituents is 2. The molecule has 0 radical (unpaired) electrons. The first kappa shape index (κ1) is 7.24. The second kappa shape index (κ2) is 2.28. The van der Waals surface area contributed by atoms with E-state index in [0.717, 1.165) is 5.56 Å². The lowest BCUT2D eigenvalue weighted by molar-refractivity contribution is 0.310. The van der Waals surface area contributed by atoms with Gasteiger partial charge in [0.15, 0.2) is 11.5 Å². The summed E-state index contributed by atoms with van der Waals surface area (Å²) in [4.78, 5) is 0. The third-order valence-electron chi connectivity index (χ3n) is 1.95. The molecule has 0 fully saturated rings. The molecule has 0 amide bonds. The van der Waals surface area contributed by atoms with Gasteiger partial charge in [-0.3, -0.25) is 0 Å². The van der Waals surface area contributed by atoms with Crippen LogP contribution in [-0.2, 0) is 0 Å². The van der Waals surface area contributed by atoms with E-state index in [-0.39, 0.29) is 17.5 Å². The third kappa shape index (κ3) is 0.816. The van der Waals surface area contributed by atoms with Crippen LogP contribution in [0.15, 0.2) is 12.1 Å². The maximum atomic E-state index is 9.31. The molecule has 2 rings (SSSR count). The second-order valence-corrected chi connectivity index (χ2v) is 2.77. The first-order chi connectivity index (χ1) is 5.70. The van der Waals surface area contributed by atoms with Crippen molar-refractivity contribution in [3.63, 3.8) is 0 Å². The standard InChI is InChI=1S/C8H9NO3/c9-5-3-12-8-4(5)1-2-6(10)7(8)11/h1-2,5,10-11H,3,9H2/t5-/m1/s1. The number of nitrogens with two attached hydrogens (primary N) is 1. The van der Waals surface area contributed by atoms with E-state index in [4.69, 9.17) is 15.6 Å². The number of fused-ring (bicyclic) bond motifs is 1. The van der Waals surface area contributed by atoms with Gasteiger partial charge in [0.2, 0.25) is 5.75 Å². The molecule has 0 aromatic heterocycles. The highest BCUT2D eigenvalue weighted by molar-refractivity contribution is 5.56. The van der Waals surface area contributed by atoms with Crippen molar-refractivity contribution in [1.29, 1.82) is 0 Å². The van der Waals surface area contributed by atoms with Crippen LogP contribution in [-0.4, -0.2) is 16.8 Å². The average Bonchev–Trinajstić information content (AvgIpc) is 2.41. The summed E-state index contributed by atoms with van der Waals surface area (Å²) in [6, 6.07) is 2.86. The van der Waals surface area contributed by atoms with Gasteiger partial charge in [-0.05, 0) is 12.1 Å². The molecule has 4 nitrogen and oxygen atoms in total. The SMILES string of the molecule is N[C@@H]1COc2c1ccc(O)c2O. The molecule has 0 spiro atoms. The third-order valence-corrected chi connectivity index (χ3v) is 1.95. The van der Waals surface area contributed by atoms with Crippen LogP contribution in [0.4, 0.5) is 0 Å². The first-order valence-electron chi connectivity index (χ1n) is 3.63. The Bertz CT molecular complexity index is 324. The van der Waals surface area contributed by atoms with Crippen molar-refractivity contribution in [3.05, 3.63) is 17.7 Å². The van der Waals surface area contributed by atoms with Crippen LogP contribution >= 0.6 is 0 Å². The Morgan fingerprint density at radius 2 is 2.17 bits per heavy atom. The minimum atomic E-state index is -0.222. The molecule has 0 saturated carbocycles. The fourth-order valence-corrected chi connectivity index (χ4v) is 1.28. The number of benzene rings is 1. The van der Waals surface area contributed by atoms with Gasteiger partial charge in [-0.25, -0.2) is 0 Å². The summed E-state index contributed by atoms with van der Waals surface area (Å²) in [5.41, 5.74) is 6.39. The molecule has 1 aliphatic rings. The number of hydrogen-bond acceptors (Lipinski definition) is 4. The summed E-state index contributed by atoms with van der Waals surface area (Å²) in [6.07, 6.45) is 0. The summed E-state index contributed by atoms with van der Waals surface area (Å²) < 4.78 is 5.09. The molecule has 1 aromatic carbocycles. The largest absolute Gasteiger partial charge is 0.504 e. The van der Waals surface area contributed by atoms with Crippen LogP contribution in [0.5, 0.6) is 17.2 Å². The molecule has 1 atom stereocenters. The van der Waals surface area contributed by atoms with Crippen LogP contribution in [0.3, 0.4) is 0 Å². The van der Waals surface area contributed by atoms with E-state index in [1.807, 2.05) is 0 Å². The monoisotopic (exact) mass is 167 g/mol. The molecule has 64 valence electrons. The van der Waals surface area contributed by atoms with Gasteiger partial charge in [-0.15, -0.1) is 0 Å². The molecule has 0 unspecified atom stereocenters. The van der Waals surface area contributed by atoms with Crippen molar-refractivity contribution in [2.24, 2.45) is 5.73 Å². The van der Waals surface area contributed by atoms with Crippen LogP contribution in [0.1, 0.15) is 11.6 Å². The molecule has 4 N–H and O–H groups in total. The van der Waals surface area contributed by atoms with Gasteiger partial charge in [0.1, 0.15) is 6.61 Å². The van der Waals surface area contributed by atoms with Gasteiger partial charge in [-0.2, -0.15) is 0 Å². The second-order valence-electron chi connectivity index (χ2n) is 2.77. The normalized spacial score (nSPS) is 20.2. The molecule has 4 heteroatoms. The molecule has 0 saturated heterocycles. The zero-order valence-corrected chi connectivity index (χ0v) is 6.32. The minimum absolute atomic E-state index is 0.178. The summed E-state index contributed by atoms with van der Waals surface area (Å²) >= 11 is 0.